The minimum absolute atomic E-state index is 0.238. The van der Waals surface area contributed by atoms with E-state index >= 15 is 0 Å². The Hall–Kier alpha value is -3.16. The van der Waals surface area contributed by atoms with Gasteiger partial charge in [0, 0.05) is 0 Å². The van der Waals surface area contributed by atoms with Crippen LogP contribution in [0, 0.1) is 6.92 Å². The van der Waals surface area contributed by atoms with Crippen molar-refractivity contribution in [2.75, 3.05) is 14.2 Å². The highest BCUT2D eigenvalue weighted by Crippen LogP contribution is 2.30. The van der Waals surface area contributed by atoms with E-state index in [4.69, 9.17) is 21.1 Å². The Kier molecular flexibility index (Phi) is 5.32. The molecule has 1 N–H and O–H groups in total. The molecule has 0 aliphatic heterocycles. The van der Waals surface area contributed by atoms with Crippen molar-refractivity contribution in [2.24, 2.45) is 0 Å². The number of thiophene rings is 1. The third kappa shape index (κ3) is 3.58. The predicted octanol–water partition coefficient (Wildman–Crippen LogP) is 4.98. The van der Waals surface area contributed by atoms with Crippen molar-refractivity contribution >= 4 is 61.0 Å². The van der Waals surface area contributed by atoms with Gasteiger partial charge in [-0.15, -0.1) is 11.3 Å². The Morgan fingerprint density at radius 3 is 2.63 bits per heavy atom. The van der Waals surface area contributed by atoms with Crippen molar-refractivity contribution in [2.45, 2.75) is 6.92 Å². The third-order valence-electron chi connectivity index (χ3n) is 4.76. The summed E-state index contributed by atoms with van der Waals surface area (Å²) in [6.45, 7) is 1.70. The third-order valence-corrected chi connectivity index (χ3v) is 6.22. The van der Waals surface area contributed by atoms with Gasteiger partial charge in [-0.05, 0) is 53.1 Å². The molecule has 6 nitrogen and oxygen atoms in total. The number of esters is 1. The SMILES string of the molecule is COC(=O)c1sc2nc(/C(Cl)=C/c3ccc4cc(OC)ccc4c3)[nH]c(=O)c2c1C. The molecule has 0 amide bonds. The summed E-state index contributed by atoms with van der Waals surface area (Å²) >= 11 is 7.58. The van der Waals surface area contributed by atoms with Gasteiger partial charge in [-0.1, -0.05) is 29.8 Å². The number of aromatic nitrogens is 2. The molecule has 0 unspecified atom stereocenters. The Balaban J connectivity index is 1.76. The van der Waals surface area contributed by atoms with E-state index in [2.05, 4.69) is 9.97 Å². The Bertz CT molecular complexity index is 1390. The number of aromatic amines is 1. The van der Waals surface area contributed by atoms with E-state index in [0.717, 1.165) is 33.4 Å². The quantitative estimate of drug-likeness (QED) is 0.453. The molecule has 2 aromatic heterocycles. The number of carbonyl (C=O) groups excluding carboxylic acids is 1. The maximum absolute atomic E-state index is 12.6. The van der Waals surface area contributed by atoms with Gasteiger partial charge in [0.2, 0.25) is 0 Å². The molecule has 0 saturated heterocycles. The molecule has 0 bridgehead atoms. The maximum Gasteiger partial charge on any atom is 0.348 e. The normalized spacial score (nSPS) is 11.8. The first-order valence-corrected chi connectivity index (χ1v) is 10.2. The van der Waals surface area contributed by atoms with Crippen molar-refractivity contribution in [3.05, 3.63) is 68.6 Å². The molecule has 0 saturated carbocycles. The fourth-order valence-corrected chi connectivity index (χ4v) is 4.53. The molecular formula is C22H17ClN2O4S. The largest absolute Gasteiger partial charge is 0.497 e. The number of nitrogens with one attached hydrogen (secondary N) is 1. The van der Waals surface area contributed by atoms with Gasteiger partial charge in [0.25, 0.3) is 5.56 Å². The molecule has 152 valence electrons. The number of carbonyl (C=O) groups is 1. The maximum atomic E-state index is 12.6. The molecule has 2 heterocycles. The fourth-order valence-electron chi connectivity index (χ4n) is 3.22. The Morgan fingerprint density at radius 2 is 1.90 bits per heavy atom. The molecule has 0 atom stereocenters. The second-order valence-electron chi connectivity index (χ2n) is 6.61. The number of fused-ring (bicyclic) bond motifs is 2. The lowest BCUT2D eigenvalue weighted by Gasteiger charge is -2.04. The molecule has 30 heavy (non-hydrogen) atoms. The Morgan fingerprint density at radius 1 is 1.17 bits per heavy atom. The zero-order valence-corrected chi connectivity index (χ0v) is 18.0. The van der Waals surface area contributed by atoms with Gasteiger partial charge < -0.3 is 14.5 Å². The van der Waals surface area contributed by atoms with Crippen LogP contribution in [0.3, 0.4) is 0 Å². The first kappa shape index (κ1) is 20.1. The summed E-state index contributed by atoms with van der Waals surface area (Å²) in [5.41, 5.74) is 1.06. The number of benzene rings is 2. The first-order chi connectivity index (χ1) is 14.4. The fraction of sp³-hybridized carbons (Fsp3) is 0.136. The van der Waals surface area contributed by atoms with Crippen molar-refractivity contribution < 1.29 is 14.3 Å². The highest BCUT2D eigenvalue weighted by atomic mass is 35.5. The summed E-state index contributed by atoms with van der Waals surface area (Å²) in [7, 11) is 2.93. The molecule has 0 spiro atoms. The summed E-state index contributed by atoms with van der Waals surface area (Å²) in [6.07, 6.45) is 1.73. The Labute approximate surface area is 180 Å². The molecule has 0 radical (unpaired) electrons. The summed E-state index contributed by atoms with van der Waals surface area (Å²) in [4.78, 5) is 32.5. The summed E-state index contributed by atoms with van der Waals surface area (Å²) in [5.74, 6) is 0.531. The van der Waals surface area contributed by atoms with Crippen molar-refractivity contribution in [1.29, 1.82) is 0 Å². The van der Waals surface area contributed by atoms with Gasteiger partial charge >= 0.3 is 5.97 Å². The van der Waals surface area contributed by atoms with E-state index in [1.165, 1.54) is 7.11 Å². The molecule has 4 rings (SSSR count). The van der Waals surface area contributed by atoms with E-state index < -0.39 is 5.97 Å². The minimum Gasteiger partial charge on any atom is -0.497 e. The van der Waals surface area contributed by atoms with E-state index in [1.807, 2.05) is 36.4 Å². The average Bonchev–Trinajstić information content (AvgIpc) is 3.09. The molecule has 4 aromatic rings. The zero-order chi connectivity index (χ0) is 21.4. The zero-order valence-electron chi connectivity index (χ0n) is 16.4. The number of rotatable bonds is 4. The van der Waals surface area contributed by atoms with Gasteiger partial charge in [-0.3, -0.25) is 4.79 Å². The van der Waals surface area contributed by atoms with Crippen LogP contribution in [0.4, 0.5) is 0 Å². The van der Waals surface area contributed by atoms with E-state index in [-0.39, 0.29) is 16.4 Å². The van der Waals surface area contributed by atoms with Crippen LogP contribution >= 0.6 is 22.9 Å². The number of hydrogen-bond acceptors (Lipinski definition) is 6. The molecule has 2 aromatic carbocycles. The van der Waals surface area contributed by atoms with Crippen LogP contribution in [0.25, 0.3) is 32.1 Å². The summed E-state index contributed by atoms with van der Waals surface area (Å²) in [5, 5.41) is 2.73. The monoisotopic (exact) mass is 440 g/mol. The number of aryl methyl sites for hydroxylation is 1. The number of halogens is 1. The van der Waals surface area contributed by atoms with Gasteiger partial charge in [0.05, 0.1) is 24.6 Å². The van der Waals surface area contributed by atoms with Crippen molar-refractivity contribution in [3.63, 3.8) is 0 Å². The standard InChI is InChI=1S/C22H17ClN2O4S/c1-11-17-20(26)24-19(25-21(17)30-18(11)22(27)29-3)16(23)9-12-4-5-14-10-15(28-2)7-6-13(14)8-12/h4-10H,1-3H3,(H,24,25,26)/b16-9-. The number of H-pyrrole nitrogens is 1. The number of methoxy groups -OCH3 is 2. The topological polar surface area (TPSA) is 81.3 Å². The lowest BCUT2D eigenvalue weighted by Crippen LogP contribution is -2.10. The van der Waals surface area contributed by atoms with Gasteiger partial charge in [0.1, 0.15) is 15.5 Å². The van der Waals surface area contributed by atoms with E-state index in [1.54, 1.807) is 20.1 Å². The second kappa shape index (κ2) is 7.93. The molecule has 0 aliphatic rings. The van der Waals surface area contributed by atoms with Crippen LogP contribution in [-0.2, 0) is 4.74 Å². The molecule has 0 fully saturated rings. The number of hydrogen-bond donors (Lipinski definition) is 1. The van der Waals surface area contributed by atoms with Crippen molar-refractivity contribution in [1.82, 2.24) is 9.97 Å². The second-order valence-corrected chi connectivity index (χ2v) is 8.01. The number of nitrogens with zero attached hydrogens (tertiary/aromatic N) is 1. The van der Waals surface area contributed by atoms with Crippen LogP contribution in [0.2, 0.25) is 0 Å². The lowest BCUT2D eigenvalue weighted by atomic mass is 10.1. The van der Waals surface area contributed by atoms with E-state index in [9.17, 15) is 9.59 Å². The molecule has 0 aliphatic carbocycles. The smallest absolute Gasteiger partial charge is 0.348 e. The van der Waals surface area contributed by atoms with E-state index in [0.29, 0.717) is 20.7 Å². The summed E-state index contributed by atoms with van der Waals surface area (Å²) < 4.78 is 10.0. The van der Waals surface area contributed by atoms with Crippen LogP contribution in [0.1, 0.15) is 26.6 Å². The van der Waals surface area contributed by atoms with Gasteiger partial charge in [0.15, 0.2) is 5.82 Å². The molecule has 8 heteroatoms. The van der Waals surface area contributed by atoms with Crippen LogP contribution in [0.15, 0.2) is 41.2 Å². The van der Waals surface area contributed by atoms with Crippen LogP contribution < -0.4 is 10.3 Å². The van der Waals surface area contributed by atoms with Gasteiger partial charge in [-0.25, -0.2) is 9.78 Å². The van der Waals surface area contributed by atoms with Gasteiger partial charge in [-0.2, -0.15) is 0 Å². The predicted molar refractivity (Wildman–Crippen MR) is 121 cm³/mol. The summed E-state index contributed by atoms with van der Waals surface area (Å²) in [6, 6.07) is 11.7. The first-order valence-electron chi connectivity index (χ1n) is 8.98. The molecular weight excluding hydrogens is 424 g/mol. The lowest BCUT2D eigenvalue weighted by molar-refractivity contribution is 0.0605. The minimum atomic E-state index is -0.495. The highest BCUT2D eigenvalue weighted by molar-refractivity contribution is 7.20. The average molecular weight is 441 g/mol. The highest BCUT2D eigenvalue weighted by Gasteiger charge is 2.20. The van der Waals surface area contributed by atoms with Crippen LogP contribution in [-0.4, -0.2) is 30.2 Å². The van der Waals surface area contributed by atoms with Crippen LogP contribution in [0.5, 0.6) is 5.75 Å². The van der Waals surface area contributed by atoms with Crippen molar-refractivity contribution in [3.8, 4) is 5.75 Å². The number of ether oxygens (including phenoxy) is 2.